The van der Waals surface area contributed by atoms with E-state index >= 15 is 0 Å². The van der Waals surface area contributed by atoms with Crippen LogP contribution >= 0.6 is 15.9 Å². The summed E-state index contributed by atoms with van der Waals surface area (Å²) in [7, 11) is 1.60. The zero-order chi connectivity index (χ0) is 11.4. The predicted molar refractivity (Wildman–Crippen MR) is 61.4 cm³/mol. The maximum absolute atomic E-state index is 10.5. The molecule has 0 bridgehead atoms. The molecular formula is C11H13BrO3. The summed E-state index contributed by atoms with van der Waals surface area (Å²) in [4.78, 5) is 10.5. The summed E-state index contributed by atoms with van der Waals surface area (Å²) < 4.78 is 6.07. The van der Waals surface area contributed by atoms with Crippen molar-refractivity contribution in [3.63, 3.8) is 0 Å². The van der Waals surface area contributed by atoms with E-state index in [2.05, 4.69) is 15.9 Å². The number of carboxylic acid groups (broad SMARTS) is 1. The van der Waals surface area contributed by atoms with Crippen molar-refractivity contribution in [3.05, 3.63) is 27.7 Å². The molecule has 0 radical (unpaired) electrons. The van der Waals surface area contributed by atoms with E-state index in [0.29, 0.717) is 6.42 Å². The van der Waals surface area contributed by atoms with Crippen LogP contribution < -0.4 is 4.74 Å². The summed E-state index contributed by atoms with van der Waals surface area (Å²) in [6, 6.07) is 3.75. The van der Waals surface area contributed by atoms with Gasteiger partial charge in [-0.25, -0.2) is 0 Å². The monoisotopic (exact) mass is 272 g/mol. The van der Waals surface area contributed by atoms with E-state index < -0.39 is 5.97 Å². The molecule has 15 heavy (non-hydrogen) atoms. The third-order valence-electron chi connectivity index (χ3n) is 2.27. The van der Waals surface area contributed by atoms with E-state index in [4.69, 9.17) is 9.84 Å². The van der Waals surface area contributed by atoms with Gasteiger partial charge in [0.05, 0.1) is 7.11 Å². The first-order valence-corrected chi connectivity index (χ1v) is 5.38. The number of halogens is 1. The van der Waals surface area contributed by atoms with Crippen LogP contribution in [0.25, 0.3) is 0 Å². The molecule has 0 heterocycles. The van der Waals surface area contributed by atoms with Gasteiger partial charge in [-0.05, 0) is 36.6 Å². The number of rotatable bonds is 4. The van der Waals surface area contributed by atoms with E-state index in [9.17, 15) is 4.79 Å². The molecule has 4 heteroatoms. The third-order valence-corrected chi connectivity index (χ3v) is 3.09. The highest BCUT2D eigenvalue weighted by atomic mass is 79.9. The Morgan fingerprint density at radius 1 is 1.53 bits per heavy atom. The topological polar surface area (TPSA) is 46.5 Å². The van der Waals surface area contributed by atoms with Crippen LogP contribution in [0, 0.1) is 6.92 Å². The maximum Gasteiger partial charge on any atom is 0.303 e. The van der Waals surface area contributed by atoms with Gasteiger partial charge >= 0.3 is 5.97 Å². The quantitative estimate of drug-likeness (QED) is 0.917. The molecule has 0 aliphatic carbocycles. The molecule has 0 aromatic heterocycles. The number of carbonyl (C=O) groups is 1. The van der Waals surface area contributed by atoms with E-state index in [1.807, 2.05) is 19.1 Å². The number of hydrogen-bond donors (Lipinski definition) is 1. The largest absolute Gasteiger partial charge is 0.497 e. The van der Waals surface area contributed by atoms with Gasteiger partial charge in [-0.1, -0.05) is 15.9 Å². The second-order valence-electron chi connectivity index (χ2n) is 3.29. The molecule has 0 aliphatic heterocycles. The minimum atomic E-state index is -0.784. The number of benzene rings is 1. The Morgan fingerprint density at radius 3 is 2.73 bits per heavy atom. The van der Waals surface area contributed by atoms with Crippen molar-refractivity contribution in [2.75, 3.05) is 7.11 Å². The Morgan fingerprint density at radius 2 is 2.20 bits per heavy atom. The lowest BCUT2D eigenvalue weighted by Crippen LogP contribution is -2.00. The normalized spacial score (nSPS) is 10.1. The molecule has 0 saturated heterocycles. The standard InChI is InChI=1S/C11H13BrO3/c1-7-8(3-4-11(13)14)5-9(15-2)6-10(7)12/h5-6H,3-4H2,1-2H3,(H,13,14). The van der Waals surface area contributed by atoms with Crippen LogP contribution in [0.5, 0.6) is 5.75 Å². The zero-order valence-electron chi connectivity index (χ0n) is 8.71. The number of ether oxygens (including phenoxy) is 1. The smallest absolute Gasteiger partial charge is 0.303 e. The van der Waals surface area contributed by atoms with E-state index in [-0.39, 0.29) is 6.42 Å². The number of methoxy groups -OCH3 is 1. The Hall–Kier alpha value is -1.03. The van der Waals surface area contributed by atoms with Gasteiger partial charge in [0.15, 0.2) is 0 Å². The Kier molecular flexibility index (Phi) is 4.15. The molecule has 82 valence electrons. The fourth-order valence-corrected chi connectivity index (χ4v) is 1.81. The van der Waals surface area contributed by atoms with E-state index in [0.717, 1.165) is 21.3 Å². The van der Waals surface area contributed by atoms with Gasteiger partial charge in [0.25, 0.3) is 0 Å². The van der Waals surface area contributed by atoms with Gasteiger partial charge in [-0.3, -0.25) is 4.79 Å². The van der Waals surface area contributed by atoms with E-state index in [1.54, 1.807) is 7.11 Å². The molecule has 1 aromatic rings. The van der Waals surface area contributed by atoms with Gasteiger partial charge in [-0.15, -0.1) is 0 Å². The van der Waals surface area contributed by atoms with Crippen LogP contribution in [0.4, 0.5) is 0 Å². The minimum absolute atomic E-state index is 0.139. The molecule has 0 saturated carbocycles. The molecule has 0 spiro atoms. The first kappa shape index (κ1) is 12.0. The second-order valence-corrected chi connectivity index (χ2v) is 4.14. The molecular weight excluding hydrogens is 260 g/mol. The average Bonchev–Trinajstić information content (AvgIpc) is 2.19. The average molecular weight is 273 g/mol. The highest BCUT2D eigenvalue weighted by molar-refractivity contribution is 9.10. The van der Waals surface area contributed by atoms with Crippen molar-refractivity contribution in [1.82, 2.24) is 0 Å². The summed E-state index contributed by atoms with van der Waals surface area (Å²) in [6.45, 7) is 1.96. The van der Waals surface area contributed by atoms with Crippen LogP contribution in [0.3, 0.4) is 0 Å². The number of aliphatic carboxylic acids is 1. The lowest BCUT2D eigenvalue weighted by molar-refractivity contribution is -0.136. The number of carboxylic acids is 1. The lowest BCUT2D eigenvalue weighted by atomic mass is 10.0. The first-order valence-electron chi connectivity index (χ1n) is 4.59. The Bertz CT molecular complexity index is 374. The zero-order valence-corrected chi connectivity index (χ0v) is 10.3. The molecule has 0 atom stereocenters. The van der Waals surface area contributed by atoms with Crippen molar-refractivity contribution >= 4 is 21.9 Å². The lowest BCUT2D eigenvalue weighted by Gasteiger charge is -2.09. The molecule has 0 amide bonds. The number of hydrogen-bond acceptors (Lipinski definition) is 2. The fourth-order valence-electron chi connectivity index (χ4n) is 1.33. The Balaban J connectivity index is 2.94. The van der Waals surface area contributed by atoms with Gasteiger partial charge < -0.3 is 9.84 Å². The summed E-state index contributed by atoms with van der Waals surface area (Å²) >= 11 is 3.42. The number of aryl methyl sites for hydroxylation is 1. The molecule has 1 aromatic carbocycles. The van der Waals surface area contributed by atoms with Gasteiger partial charge in [-0.2, -0.15) is 0 Å². The molecule has 3 nitrogen and oxygen atoms in total. The van der Waals surface area contributed by atoms with Gasteiger partial charge in [0.2, 0.25) is 0 Å². The minimum Gasteiger partial charge on any atom is -0.497 e. The fraction of sp³-hybridized carbons (Fsp3) is 0.364. The van der Waals surface area contributed by atoms with Crippen molar-refractivity contribution in [2.24, 2.45) is 0 Å². The van der Waals surface area contributed by atoms with Crippen molar-refractivity contribution < 1.29 is 14.6 Å². The summed E-state index contributed by atoms with van der Waals surface area (Å²) in [5.41, 5.74) is 2.07. The SMILES string of the molecule is COc1cc(Br)c(C)c(CCC(=O)O)c1. The summed E-state index contributed by atoms with van der Waals surface area (Å²) in [5, 5.41) is 8.62. The van der Waals surface area contributed by atoms with Gasteiger partial charge in [0.1, 0.15) is 5.75 Å². The first-order chi connectivity index (χ1) is 7.04. The molecule has 0 unspecified atom stereocenters. The van der Waals surface area contributed by atoms with Gasteiger partial charge in [0, 0.05) is 10.9 Å². The predicted octanol–water partition coefficient (Wildman–Crippen LogP) is 2.78. The molecule has 0 aliphatic rings. The van der Waals surface area contributed by atoms with Crippen molar-refractivity contribution in [3.8, 4) is 5.75 Å². The highest BCUT2D eigenvalue weighted by Gasteiger charge is 2.07. The molecule has 0 fully saturated rings. The Labute approximate surface area is 97.2 Å². The van der Waals surface area contributed by atoms with Crippen molar-refractivity contribution in [2.45, 2.75) is 19.8 Å². The van der Waals surface area contributed by atoms with Crippen LogP contribution in [-0.2, 0) is 11.2 Å². The van der Waals surface area contributed by atoms with Crippen LogP contribution in [0.15, 0.2) is 16.6 Å². The third kappa shape index (κ3) is 3.23. The van der Waals surface area contributed by atoms with Crippen LogP contribution in [0.1, 0.15) is 17.5 Å². The van der Waals surface area contributed by atoms with Crippen molar-refractivity contribution in [1.29, 1.82) is 0 Å². The maximum atomic E-state index is 10.5. The van der Waals surface area contributed by atoms with E-state index in [1.165, 1.54) is 0 Å². The molecule has 1 N–H and O–H groups in total. The molecule has 1 rings (SSSR count). The van der Waals surface area contributed by atoms with Crippen LogP contribution in [0.2, 0.25) is 0 Å². The highest BCUT2D eigenvalue weighted by Crippen LogP contribution is 2.27. The van der Waals surface area contributed by atoms with Crippen LogP contribution in [-0.4, -0.2) is 18.2 Å². The summed E-state index contributed by atoms with van der Waals surface area (Å²) in [5.74, 6) is -0.0405. The second kappa shape index (κ2) is 5.16. The summed E-state index contributed by atoms with van der Waals surface area (Å²) in [6.07, 6.45) is 0.664.